The summed E-state index contributed by atoms with van der Waals surface area (Å²) >= 11 is 0. The molecule has 3 aromatic rings. The summed E-state index contributed by atoms with van der Waals surface area (Å²) in [6, 6.07) is 21.7. The van der Waals surface area contributed by atoms with Crippen molar-refractivity contribution >= 4 is 23.3 Å². The van der Waals surface area contributed by atoms with Gasteiger partial charge >= 0.3 is 5.97 Å². The summed E-state index contributed by atoms with van der Waals surface area (Å²) in [5.41, 5.74) is 6.11. The van der Waals surface area contributed by atoms with E-state index in [9.17, 15) is 9.59 Å². The zero-order valence-electron chi connectivity index (χ0n) is 17.4. The molecule has 156 valence electrons. The van der Waals surface area contributed by atoms with Gasteiger partial charge < -0.3 is 15.0 Å². The monoisotopic (exact) mass is 412 g/mol. The van der Waals surface area contributed by atoms with Gasteiger partial charge in [-0.3, -0.25) is 4.79 Å². The van der Waals surface area contributed by atoms with E-state index >= 15 is 0 Å². The van der Waals surface area contributed by atoms with Crippen LogP contribution in [0.4, 0.5) is 11.4 Å². The van der Waals surface area contributed by atoms with E-state index in [0.717, 1.165) is 22.4 Å². The SMILES string of the molecule is COC(=O)c1cc(C2CC2)ccc1Nc1ccc2c(c1)CN(Cc1ccccc1)C2=O. The molecule has 1 amide bonds. The highest BCUT2D eigenvalue weighted by atomic mass is 16.5. The minimum atomic E-state index is -0.352. The van der Waals surface area contributed by atoms with Crippen LogP contribution in [0.15, 0.2) is 66.7 Å². The second kappa shape index (κ2) is 7.91. The van der Waals surface area contributed by atoms with Crippen molar-refractivity contribution in [1.29, 1.82) is 0 Å². The molecule has 0 radical (unpaired) electrons. The lowest BCUT2D eigenvalue weighted by molar-refractivity contribution is 0.0601. The molecule has 1 aliphatic heterocycles. The third kappa shape index (κ3) is 3.91. The molecule has 1 saturated carbocycles. The predicted molar refractivity (Wildman–Crippen MR) is 120 cm³/mol. The summed E-state index contributed by atoms with van der Waals surface area (Å²) < 4.78 is 5.00. The third-order valence-electron chi connectivity index (χ3n) is 5.98. The van der Waals surface area contributed by atoms with Crippen LogP contribution in [0, 0.1) is 0 Å². The van der Waals surface area contributed by atoms with E-state index < -0.39 is 0 Å². The first kappa shape index (κ1) is 19.4. The zero-order chi connectivity index (χ0) is 21.4. The molecule has 0 bridgehead atoms. The number of hydrogen-bond donors (Lipinski definition) is 1. The Kier molecular flexibility index (Phi) is 4.94. The van der Waals surface area contributed by atoms with E-state index in [1.165, 1.54) is 25.5 Å². The van der Waals surface area contributed by atoms with Gasteiger partial charge in [0.2, 0.25) is 0 Å². The number of fused-ring (bicyclic) bond motifs is 1. The minimum absolute atomic E-state index is 0.0504. The van der Waals surface area contributed by atoms with E-state index in [0.29, 0.717) is 30.3 Å². The Balaban J connectivity index is 1.37. The van der Waals surface area contributed by atoms with Crippen molar-refractivity contribution in [3.8, 4) is 0 Å². The van der Waals surface area contributed by atoms with Gasteiger partial charge in [0.1, 0.15) is 0 Å². The molecule has 1 N–H and O–H groups in total. The molecule has 2 aliphatic rings. The molecule has 0 saturated heterocycles. The van der Waals surface area contributed by atoms with Crippen LogP contribution in [0.25, 0.3) is 0 Å². The molecule has 5 heteroatoms. The first-order chi connectivity index (χ1) is 15.1. The van der Waals surface area contributed by atoms with Crippen LogP contribution in [-0.2, 0) is 17.8 Å². The lowest BCUT2D eigenvalue weighted by atomic mass is 10.0. The second-order valence-electron chi connectivity index (χ2n) is 8.21. The van der Waals surface area contributed by atoms with Crippen LogP contribution in [-0.4, -0.2) is 23.9 Å². The number of methoxy groups -OCH3 is 1. The average molecular weight is 412 g/mol. The number of esters is 1. The van der Waals surface area contributed by atoms with Crippen molar-refractivity contribution in [3.05, 3.63) is 94.5 Å². The van der Waals surface area contributed by atoms with Gasteiger partial charge in [0.15, 0.2) is 0 Å². The van der Waals surface area contributed by atoms with Crippen LogP contribution in [0.1, 0.15) is 56.2 Å². The van der Waals surface area contributed by atoms with Crippen LogP contribution in [0.5, 0.6) is 0 Å². The summed E-state index contributed by atoms with van der Waals surface area (Å²) in [5, 5.41) is 3.35. The Morgan fingerprint density at radius 1 is 1.06 bits per heavy atom. The average Bonchev–Trinajstić information content (AvgIpc) is 3.60. The van der Waals surface area contributed by atoms with Crippen molar-refractivity contribution in [3.63, 3.8) is 0 Å². The molecule has 0 unspecified atom stereocenters. The number of amides is 1. The van der Waals surface area contributed by atoms with Gasteiger partial charge in [-0.1, -0.05) is 36.4 Å². The molecule has 5 nitrogen and oxygen atoms in total. The first-order valence-corrected chi connectivity index (χ1v) is 10.6. The highest BCUT2D eigenvalue weighted by Crippen LogP contribution is 2.41. The van der Waals surface area contributed by atoms with Gasteiger partial charge in [-0.15, -0.1) is 0 Å². The Labute approximate surface area is 181 Å². The number of nitrogens with zero attached hydrogens (tertiary/aromatic N) is 1. The number of benzene rings is 3. The Morgan fingerprint density at radius 3 is 2.61 bits per heavy atom. The quantitative estimate of drug-likeness (QED) is 0.562. The Bertz CT molecular complexity index is 1150. The summed E-state index contributed by atoms with van der Waals surface area (Å²) in [4.78, 5) is 27.0. The number of hydrogen-bond acceptors (Lipinski definition) is 4. The fraction of sp³-hybridized carbons (Fsp3) is 0.231. The standard InChI is InChI=1S/C26H24N2O3/c1-31-26(30)23-14-19(18-7-8-18)9-12-24(23)27-21-10-11-22-20(13-21)16-28(25(22)29)15-17-5-3-2-4-6-17/h2-6,9-14,18,27H,7-8,15-16H2,1H3. The van der Waals surface area contributed by atoms with Gasteiger partial charge in [0, 0.05) is 24.3 Å². The number of rotatable bonds is 6. The van der Waals surface area contributed by atoms with Crippen molar-refractivity contribution < 1.29 is 14.3 Å². The fourth-order valence-electron chi connectivity index (χ4n) is 4.17. The van der Waals surface area contributed by atoms with Crippen molar-refractivity contribution in [2.75, 3.05) is 12.4 Å². The molecule has 0 spiro atoms. The number of nitrogens with one attached hydrogen (secondary N) is 1. The highest BCUT2D eigenvalue weighted by Gasteiger charge is 2.28. The molecular formula is C26H24N2O3. The van der Waals surface area contributed by atoms with Gasteiger partial charge in [0.25, 0.3) is 5.91 Å². The van der Waals surface area contributed by atoms with E-state index in [4.69, 9.17) is 4.74 Å². The highest BCUT2D eigenvalue weighted by molar-refractivity contribution is 5.99. The fourth-order valence-corrected chi connectivity index (χ4v) is 4.17. The van der Waals surface area contributed by atoms with Crippen LogP contribution >= 0.6 is 0 Å². The Hall–Kier alpha value is -3.60. The lowest BCUT2D eigenvalue weighted by Crippen LogP contribution is -2.23. The maximum atomic E-state index is 12.8. The lowest BCUT2D eigenvalue weighted by Gasteiger charge is -2.15. The zero-order valence-corrected chi connectivity index (χ0v) is 17.4. The van der Waals surface area contributed by atoms with Crippen molar-refractivity contribution in [2.45, 2.75) is 31.8 Å². The van der Waals surface area contributed by atoms with Gasteiger partial charge in [-0.2, -0.15) is 0 Å². The largest absolute Gasteiger partial charge is 0.465 e. The molecule has 0 atom stereocenters. The topological polar surface area (TPSA) is 58.6 Å². The summed E-state index contributed by atoms with van der Waals surface area (Å²) in [6.45, 7) is 1.16. The summed E-state index contributed by atoms with van der Waals surface area (Å²) in [6.07, 6.45) is 2.34. The molecular weight excluding hydrogens is 388 g/mol. The third-order valence-corrected chi connectivity index (χ3v) is 5.98. The smallest absolute Gasteiger partial charge is 0.339 e. The minimum Gasteiger partial charge on any atom is -0.465 e. The van der Waals surface area contributed by atoms with E-state index in [1.807, 2.05) is 65.6 Å². The van der Waals surface area contributed by atoms with Crippen molar-refractivity contribution in [1.82, 2.24) is 4.90 Å². The first-order valence-electron chi connectivity index (χ1n) is 10.6. The number of anilines is 2. The Morgan fingerprint density at radius 2 is 1.87 bits per heavy atom. The van der Waals surface area contributed by atoms with E-state index in [-0.39, 0.29) is 11.9 Å². The van der Waals surface area contributed by atoms with Crippen molar-refractivity contribution in [2.24, 2.45) is 0 Å². The van der Waals surface area contributed by atoms with Crippen LogP contribution in [0.3, 0.4) is 0 Å². The van der Waals surface area contributed by atoms with Crippen LogP contribution < -0.4 is 5.32 Å². The number of carbonyl (C=O) groups is 2. The predicted octanol–water partition coefficient (Wildman–Crippen LogP) is 5.25. The molecule has 5 rings (SSSR count). The molecule has 31 heavy (non-hydrogen) atoms. The van der Waals surface area contributed by atoms with Gasteiger partial charge in [0.05, 0.1) is 18.4 Å². The van der Waals surface area contributed by atoms with Gasteiger partial charge in [-0.25, -0.2) is 4.79 Å². The van der Waals surface area contributed by atoms with E-state index in [1.54, 1.807) is 0 Å². The van der Waals surface area contributed by atoms with Gasteiger partial charge in [-0.05, 0) is 65.8 Å². The van der Waals surface area contributed by atoms with Crippen LogP contribution in [0.2, 0.25) is 0 Å². The maximum absolute atomic E-state index is 12.8. The molecule has 1 fully saturated rings. The molecule has 0 aromatic heterocycles. The summed E-state index contributed by atoms with van der Waals surface area (Å²) in [7, 11) is 1.40. The molecule has 3 aromatic carbocycles. The maximum Gasteiger partial charge on any atom is 0.339 e. The number of ether oxygens (including phenoxy) is 1. The number of carbonyl (C=O) groups excluding carboxylic acids is 2. The summed E-state index contributed by atoms with van der Waals surface area (Å²) in [5.74, 6) is 0.254. The molecule has 1 aliphatic carbocycles. The van der Waals surface area contributed by atoms with E-state index in [2.05, 4.69) is 11.4 Å². The molecule has 1 heterocycles. The second-order valence-corrected chi connectivity index (χ2v) is 8.21. The normalized spacial score (nSPS) is 15.0.